The molecule has 1 aliphatic rings. The Hall–Kier alpha value is -1.39. The Bertz CT molecular complexity index is 627. The second kappa shape index (κ2) is 10.1. The topological polar surface area (TPSA) is 97.4 Å². The fraction of sp³-hybridized carbons (Fsp3) is 0.737. The highest BCUT2D eigenvalue weighted by molar-refractivity contribution is 9.09. The Balaban J connectivity index is 3.41. The summed E-state index contributed by atoms with van der Waals surface area (Å²) in [5.74, 6) is -3.33. The van der Waals surface area contributed by atoms with Gasteiger partial charge >= 0.3 is 18.1 Å². The van der Waals surface area contributed by atoms with E-state index in [4.69, 9.17) is 18.6 Å². The summed E-state index contributed by atoms with van der Waals surface area (Å²) in [6.07, 6.45) is 1.04. The summed E-state index contributed by atoms with van der Waals surface area (Å²) >= 11 is 3.56. The molecule has 0 N–H and O–H groups in total. The third kappa shape index (κ3) is 6.05. The van der Waals surface area contributed by atoms with E-state index in [1.165, 1.54) is 21.3 Å². The van der Waals surface area contributed by atoms with Crippen molar-refractivity contribution in [1.29, 1.82) is 0 Å². The molecule has 0 unspecified atom stereocenters. The SMILES string of the molecule is COC(=O)O[C@H]1C=C[C@H](C(C(=O)OC)C(=O)OC)[C@H](O[Si](C)(C)C(C)(C)C)[C@@H]1Br. The molecule has 4 atom stereocenters. The van der Waals surface area contributed by atoms with E-state index in [0.29, 0.717) is 0 Å². The first kappa shape index (κ1) is 25.6. The van der Waals surface area contributed by atoms with E-state index in [1.54, 1.807) is 12.2 Å². The Morgan fingerprint density at radius 2 is 1.48 bits per heavy atom. The van der Waals surface area contributed by atoms with Crippen LogP contribution in [0.25, 0.3) is 0 Å². The minimum absolute atomic E-state index is 0.129. The van der Waals surface area contributed by atoms with E-state index in [9.17, 15) is 14.4 Å². The van der Waals surface area contributed by atoms with E-state index in [2.05, 4.69) is 54.5 Å². The van der Waals surface area contributed by atoms with Crippen molar-refractivity contribution in [3.8, 4) is 0 Å². The van der Waals surface area contributed by atoms with Gasteiger partial charge in [-0.25, -0.2) is 4.79 Å². The van der Waals surface area contributed by atoms with E-state index >= 15 is 0 Å². The molecule has 8 nitrogen and oxygen atoms in total. The van der Waals surface area contributed by atoms with Crippen LogP contribution in [0.15, 0.2) is 12.2 Å². The lowest BCUT2D eigenvalue weighted by atomic mass is 9.81. The zero-order chi connectivity index (χ0) is 22.6. The minimum Gasteiger partial charge on any atom is -0.468 e. The number of hydrogen-bond donors (Lipinski definition) is 0. The van der Waals surface area contributed by atoms with Crippen LogP contribution in [-0.4, -0.2) is 64.8 Å². The van der Waals surface area contributed by atoms with Crippen LogP contribution in [0.2, 0.25) is 18.1 Å². The molecule has 0 fully saturated rings. The van der Waals surface area contributed by atoms with E-state index in [0.717, 1.165) is 0 Å². The molecule has 0 aromatic rings. The number of alkyl halides is 1. The van der Waals surface area contributed by atoms with Crippen molar-refractivity contribution >= 4 is 42.3 Å². The van der Waals surface area contributed by atoms with Crippen LogP contribution in [0.3, 0.4) is 0 Å². The van der Waals surface area contributed by atoms with Gasteiger partial charge in [0, 0.05) is 5.92 Å². The Kier molecular flexibility index (Phi) is 8.91. The van der Waals surface area contributed by atoms with Gasteiger partial charge in [0.25, 0.3) is 0 Å². The number of esters is 2. The molecule has 10 heteroatoms. The number of hydrogen-bond acceptors (Lipinski definition) is 8. The number of carbonyl (C=O) groups is 3. The fourth-order valence-corrected chi connectivity index (χ4v) is 5.02. The molecule has 1 aliphatic carbocycles. The van der Waals surface area contributed by atoms with Crippen LogP contribution in [0.4, 0.5) is 4.79 Å². The summed E-state index contributed by atoms with van der Waals surface area (Å²) in [7, 11) is 1.31. The first-order valence-corrected chi connectivity index (χ1v) is 13.0. The monoisotopic (exact) mass is 494 g/mol. The summed E-state index contributed by atoms with van der Waals surface area (Å²) in [5, 5.41) is -0.129. The number of halogens is 1. The molecule has 0 amide bonds. The summed E-state index contributed by atoms with van der Waals surface area (Å²) in [4.78, 5) is 35.9. The van der Waals surface area contributed by atoms with Gasteiger partial charge in [-0.2, -0.15) is 0 Å². The van der Waals surface area contributed by atoms with Crippen molar-refractivity contribution in [1.82, 2.24) is 0 Å². The van der Waals surface area contributed by atoms with Crippen LogP contribution in [0.5, 0.6) is 0 Å². The number of ether oxygens (including phenoxy) is 4. The summed E-state index contributed by atoms with van der Waals surface area (Å²) < 4.78 is 26.1. The maximum Gasteiger partial charge on any atom is 0.508 e. The third-order valence-corrected chi connectivity index (χ3v) is 11.0. The zero-order valence-corrected chi connectivity index (χ0v) is 20.8. The number of methoxy groups -OCH3 is 3. The highest BCUT2D eigenvalue weighted by Gasteiger charge is 2.50. The smallest absolute Gasteiger partial charge is 0.468 e. The Labute approximate surface area is 181 Å². The van der Waals surface area contributed by atoms with Gasteiger partial charge in [-0.05, 0) is 24.2 Å². The lowest BCUT2D eigenvalue weighted by Gasteiger charge is -2.45. The van der Waals surface area contributed by atoms with Gasteiger partial charge in [-0.15, -0.1) is 0 Å². The maximum absolute atomic E-state index is 12.4. The molecule has 0 radical (unpaired) electrons. The van der Waals surface area contributed by atoms with Gasteiger partial charge in [0.05, 0.1) is 32.3 Å². The highest BCUT2D eigenvalue weighted by Crippen LogP contribution is 2.42. The van der Waals surface area contributed by atoms with E-state index in [1.807, 2.05) is 0 Å². The minimum atomic E-state index is -2.33. The quantitative estimate of drug-likeness (QED) is 0.138. The van der Waals surface area contributed by atoms with Crippen molar-refractivity contribution in [2.24, 2.45) is 11.8 Å². The average Bonchev–Trinajstić information content (AvgIpc) is 2.64. The molecule has 0 saturated heterocycles. The first-order chi connectivity index (χ1) is 13.3. The first-order valence-electron chi connectivity index (χ1n) is 9.21. The number of rotatable bonds is 6. The lowest BCUT2D eigenvalue weighted by molar-refractivity contribution is -0.162. The van der Waals surface area contributed by atoms with Crippen molar-refractivity contribution in [2.45, 2.75) is 55.9 Å². The van der Waals surface area contributed by atoms with Crippen molar-refractivity contribution < 1.29 is 37.8 Å². The number of carbonyl (C=O) groups excluding carboxylic acids is 3. The Morgan fingerprint density at radius 1 is 0.966 bits per heavy atom. The average molecular weight is 495 g/mol. The van der Waals surface area contributed by atoms with Gasteiger partial charge in [0.1, 0.15) is 6.10 Å². The van der Waals surface area contributed by atoms with Gasteiger partial charge in [0.2, 0.25) is 0 Å². The fourth-order valence-electron chi connectivity index (χ4n) is 2.74. The normalized spacial score (nSPS) is 24.8. The van der Waals surface area contributed by atoms with Crippen LogP contribution in [0.1, 0.15) is 20.8 Å². The van der Waals surface area contributed by atoms with Crippen LogP contribution in [-0.2, 0) is 33.0 Å². The lowest BCUT2D eigenvalue weighted by Crippen LogP contribution is -2.55. The molecule has 0 bridgehead atoms. The van der Waals surface area contributed by atoms with E-state index < -0.39 is 55.3 Å². The Morgan fingerprint density at radius 3 is 1.90 bits per heavy atom. The summed E-state index contributed by atoms with van der Waals surface area (Å²) in [6.45, 7) is 10.4. The predicted octanol–water partition coefficient (Wildman–Crippen LogP) is 3.44. The third-order valence-electron chi connectivity index (χ3n) is 5.46. The second-order valence-electron chi connectivity index (χ2n) is 8.31. The zero-order valence-electron chi connectivity index (χ0n) is 18.2. The summed E-state index contributed by atoms with van der Waals surface area (Å²) in [6, 6.07) is 0. The molecule has 29 heavy (non-hydrogen) atoms. The van der Waals surface area contributed by atoms with Crippen LogP contribution < -0.4 is 0 Å². The summed E-state index contributed by atoms with van der Waals surface area (Å²) in [5.41, 5.74) is 0. The van der Waals surface area contributed by atoms with Crippen LogP contribution >= 0.6 is 15.9 Å². The van der Waals surface area contributed by atoms with Gasteiger partial charge in [-0.3, -0.25) is 9.59 Å². The van der Waals surface area contributed by atoms with Crippen molar-refractivity contribution in [3.05, 3.63) is 12.2 Å². The van der Waals surface area contributed by atoms with Gasteiger partial charge in [-0.1, -0.05) is 42.8 Å². The van der Waals surface area contributed by atoms with E-state index in [-0.39, 0.29) is 5.04 Å². The molecule has 0 heterocycles. The molecule has 0 aromatic carbocycles. The standard InChI is InChI=1S/C19H31BrO8Si/c1-19(2,3)29(7,8)28-15-11(13(16(21)24-4)17(22)25-5)9-10-12(14(15)20)27-18(23)26-6/h9-15H,1-8H3/t11-,12+,14-,15+/m1/s1. The van der Waals surface area contributed by atoms with Gasteiger partial charge in [0.15, 0.2) is 14.2 Å². The molecule has 166 valence electrons. The molecule has 1 rings (SSSR count). The molecule has 0 aliphatic heterocycles. The molecule has 0 saturated carbocycles. The largest absolute Gasteiger partial charge is 0.508 e. The van der Waals surface area contributed by atoms with Crippen molar-refractivity contribution in [3.63, 3.8) is 0 Å². The molecule has 0 aromatic heterocycles. The molecule has 0 spiro atoms. The maximum atomic E-state index is 12.4. The second-order valence-corrected chi connectivity index (χ2v) is 14.1. The van der Waals surface area contributed by atoms with Crippen molar-refractivity contribution in [2.75, 3.05) is 21.3 Å². The predicted molar refractivity (Wildman–Crippen MR) is 112 cm³/mol. The molecular formula is C19H31BrO8Si. The highest BCUT2D eigenvalue weighted by atomic mass is 79.9. The molecular weight excluding hydrogens is 464 g/mol. The van der Waals surface area contributed by atoms with Crippen LogP contribution in [0, 0.1) is 11.8 Å². The van der Waals surface area contributed by atoms with Gasteiger partial charge < -0.3 is 23.4 Å².